The molecule has 1 aromatic carbocycles. The number of carbonyl (C=O) groups is 1. The van der Waals surface area contributed by atoms with Gasteiger partial charge in [-0.15, -0.1) is 0 Å². The monoisotopic (exact) mass is 562 g/mol. The predicted octanol–water partition coefficient (Wildman–Crippen LogP) is 9.30. The quantitative estimate of drug-likeness (QED) is 0.150. The number of nitrogens with two attached hydrogens (primary N) is 2. The molecule has 10 unspecified atom stereocenters. The highest BCUT2D eigenvalue weighted by Gasteiger charge is 2.62. The number of hydrogen-bond donors (Lipinski definition) is 2. The van der Waals surface area contributed by atoms with E-state index in [4.69, 9.17) is 16.2 Å². The number of rotatable bonds is 7. The van der Waals surface area contributed by atoms with Gasteiger partial charge < -0.3 is 16.2 Å². The number of carbonyl (C=O) groups excluding carboxylic acids is 1. The van der Waals surface area contributed by atoms with Crippen molar-refractivity contribution in [3.05, 3.63) is 35.4 Å². The van der Waals surface area contributed by atoms with Crippen molar-refractivity contribution in [3.63, 3.8) is 0 Å². The lowest BCUT2D eigenvalue weighted by Crippen LogP contribution is -2.59. The summed E-state index contributed by atoms with van der Waals surface area (Å²) in [5.74, 6) is 6.38. The summed E-state index contributed by atoms with van der Waals surface area (Å²) in [6, 6.07) is 5.05. The molecule has 0 heterocycles. The second-order valence-corrected chi connectivity index (χ2v) is 15.9. The van der Waals surface area contributed by atoms with Crippen molar-refractivity contribution in [2.24, 2.45) is 58.2 Å². The second kappa shape index (κ2) is 11.6. The van der Waals surface area contributed by atoms with E-state index in [1.165, 1.54) is 56.9 Å². The lowest BCUT2D eigenvalue weighted by molar-refractivity contribution is -0.177. The first kappa shape index (κ1) is 30.5. The molecule has 4 heteroatoms. The van der Waals surface area contributed by atoms with Crippen LogP contribution in [0.1, 0.15) is 123 Å². The van der Waals surface area contributed by atoms with Crippen molar-refractivity contribution >= 4 is 17.3 Å². The molecule has 0 aliphatic heterocycles. The average Bonchev–Trinajstić information content (AvgIpc) is 3.34. The number of unbranched alkanes of at least 4 members (excludes halogenated alkanes) is 1. The van der Waals surface area contributed by atoms with Gasteiger partial charge in [0.25, 0.3) is 0 Å². The molecule has 0 saturated heterocycles. The molecule has 4 N–H and O–H groups in total. The van der Waals surface area contributed by atoms with Crippen molar-refractivity contribution in [1.29, 1.82) is 0 Å². The molecule has 4 nitrogen and oxygen atoms in total. The van der Waals surface area contributed by atoms with Gasteiger partial charge in [-0.25, -0.2) is 4.79 Å². The fourth-order valence-electron chi connectivity index (χ4n) is 11.1. The third-order valence-electron chi connectivity index (χ3n) is 12.9. The first-order valence-corrected chi connectivity index (χ1v) is 16.8. The molecular weight excluding hydrogens is 504 g/mol. The van der Waals surface area contributed by atoms with Crippen LogP contribution in [0.4, 0.5) is 11.4 Å². The van der Waals surface area contributed by atoms with Crippen LogP contribution in [0.3, 0.4) is 0 Å². The average molecular weight is 563 g/mol. The van der Waals surface area contributed by atoms with Crippen LogP contribution in [0.2, 0.25) is 0 Å². The Kier molecular flexibility index (Phi) is 8.63. The van der Waals surface area contributed by atoms with Crippen LogP contribution in [-0.2, 0) is 4.74 Å². The minimum atomic E-state index is -0.291. The van der Waals surface area contributed by atoms with Crippen molar-refractivity contribution < 1.29 is 9.53 Å². The summed E-state index contributed by atoms with van der Waals surface area (Å²) < 4.78 is 6.26. The minimum Gasteiger partial charge on any atom is -0.458 e. The SMILES string of the molecule is CC(C)=CCCCC(C)C1CCC2C3CCC4C(C)(C)C(OC(=O)c5cc(N)cc(N)c5)CCC4(C)C3CC(C)C12. The van der Waals surface area contributed by atoms with E-state index in [2.05, 4.69) is 54.5 Å². The third kappa shape index (κ3) is 5.70. The maximum Gasteiger partial charge on any atom is 0.338 e. The highest BCUT2D eigenvalue weighted by Crippen LogP contribution is 2.68. The first-order chi connectivity index (χ1) is 19.3. The lowest BCUT2D eigenvalue weighted by Gasteiger charge is -2.64. The van der Waals surface area contributed by atoms with Gasteiger partial charge in [0, 0.05) is 16.8 Å². The summed E-state index contributed by atoms with van der Waals surface area (Å²) in [4.78, 5) is 13.2. The van der Waals surface area contributed by atoms with E-state index in [0.29, 0.717) is 28.3 Å². The van der Waals surface area contributed by atoms with E-state index in [0.717, 1.165) is 54.3 Å². The van der Waals surface area contributed by atoms with Crippen molar-refractivity contribution in [2.75, 3.05) is 11.5 Å². The van der Waals surface area contributed by atoms with Crippen LogP contribution in [-0.4, -0.2) is 12.1 Å². The maximum atomic E-state index is 13.2. The molecule has 1 aromatic rings. The Hall–Kier alpha value is -1.97. The minimum absolute atomic E-state index is 0.0579. The number of nitrogen functional groups attached to an aromatic ring is 2. The van der Waals surface area contributed by atoms with Crippen molar-refractivity contribution in [3.8, 4) is 0 Å². The molecule has 10 atom stereocenters. The zero-order chi connectivity index (χ0) is 29.7. The largest absolute Gasteiger partial charge is 0.458 e. The Labute approximate surface area is 250 Å². The number of anilines is 2. The normalized spacial score (nSPS) is 38.2. The van der Waals surface area contributed by atoms with Gasteiger partial charge in [0.2, 0.25) is 0 Å². The molecule has 0 bridgehead atoms. The Balaban J connectivity index is 1.28. The highest BCUT2D eigenvalue weighted by atomic mass is 16.5. The molecule has 4 saturated carbocycles. The van der Waals surface area contributed by atoms with Gasteiger partial charge in [-0.1, -0.05) is 52.7 Å². The lowest BCUT2D eigenvalue weighted by atomic mass is 9.41. The number of esters is 1. The fourth-order valence-corrected chi connectivity index (χ4v) is 11.1. The van der Waals surface area contributed by atoms with Crippen LogP contribution in [0.15, 0.2) is 29.8 Å². The first-order valence-electron chi connectivity index (χ1n) is 16.8. The van der Waals surface area contributed by atoms with E-state index in [9.17, 15) is 4.79 Å². The van der Waals surface area contributed by atoms with E-state index in [-0.39, 0.29) is 17.5 Å². The van der Waals surface area contributed by atoms with Gasteiger partial charge in [-0.2, -0.15) is 0 Å². The molecule has 228 valence electrons. The zero-order valence-corrected chi connectivity index (χ0v) is 27.0. The molecule has 0 spiro atoms. The molecule has 5 rings (SSSR count). The van der Waals surface area contributed by atoms with E-state index in [1.807, 2.05) is 0 Å². The van der Waals surface area contributed by atoms with E-state index < -0.39 is 0 Å². The van der Waals surface area contributed by atoms with Crippen LogP contribution >= 0.6 is 0 Å². The van der Waals surface area contributed by atoms with E-state index >= 15 is 0 Å². The highest BCUT2D eigenvalue weighted by molar-refractivity contribution is 5.91. The Bertz CT molecular complexity index is 1120. The molecule has 4 fully saturated rings. The van der Waals surface area contributed by atoms with Gasteiger partial charge in [-0.05, 0) is 143 Å². The standard InChI is InChI=1S/C37H58N2O2/c1-22(2)10-8-9-11-23(3)28-12-13-30-29-14-15-32-36(5,6)33(41-35(40)25-19-26(38)21-27(39)20-25)16-17-37(32,7)31(29)18-24(4)34(28)30/h10,19-21,23-24,28-34H,8-9,11-18,38-39H2,1-7H3. The van der Waals surface area contributed by atoms with Crippen LogP contribution in [0.5, 0.6) is 0 Å². The topological polar surface area (TPSA) is 78.3 Å². The van der Waals surface area contributed by atoms with Crippen molar-refractivity contribution in [2.45, 2.75) is 119 Å². The molecule has 0 aromatic heterocycles. The number of hydrogen-bond acceptors (Lipinski definition) is 4. The Morgan fingerprint density at radius 1 is 1.02 bits per heavy atom. The Morgan fingerprint density at radius 2 is 1.71 bits per heavy atom. The number of ether oxygens (including phenoxy) is 1. The smallest absolute Gasteiger partial charge is 0.338 e. The molecule has 0 amide bonds. The second-order valence-electron chi connectivity index (χ2n) is 15.9. The van der Waals surface area contributed by atoms with Gasteiger partial charge in [0.05, 0.1) is 5.56 Å². The van der Waals surface area contributed by atoms with Crippen LogP contribution < -0.4 is 11.5 Å². The summed E-state index contributed by atoms with van der Waals surface area (Å²) >= 11 is 0. The molecule has 4 aliphatic rings. The summed E-state index contributed by atoms with van der Waals surface area (Å²) in [7, 11) is 0. The zero-order valence-electron chi connectivity index (χ0n) is 27.0. The molecule has 0 radical (unpaired) electrons. The molecule has 41 heavy (non-hydrogen) atoms. The van der Waals surface area contributed by atoms with Gasteiger partial charge in [0.1, 0.15) is 6.10 Å². The summed E-state index contributed by atoms with van der Waals surface area (Å²) in [6.45, 7) is 17.0. The number of allylic oxidation sites excluding steroid dienone is 2. The maximum absolute atomic E-state index is 13.2. The summed E-state index contributed by atoms with van der Waals surface area (Å²) in [5.41, 5.74) is 15.1. The summed E-state index contributed by atoms with van der Waals surface area (Å²) in [6.07, 6.45) is 15.3. The van der Waals surface area contributed by atoms with Gasteiger partial charge in [0.15, 0.2) is 0 Å². The van der Waals surface area contributed by atoms with E-state index in [1.54, 1.807) is 18.2 Å². The summed E-state index contributed by atoms with van der Waals surface area (Å²) in [5, 5.41) is 0. The van der Waals surface area contributed by atoms with Crippen molar-refractivity contribution in [1.82, 2.24) is 0 Å². The molecule has 4 aliphatic carbocycles. The van der Waals surface area contributed by atoms with Gasteiger partial charge >= 0.3 is 5.97 Å². The Morgan fingerprint density at radius 3 is 2.39 bits per heavy atom. The molecular formula is C37H58N2O2. The fraction of sp³-hybridized carbons (Fsp3) is 0.757. The van der Waals surface area contributed by atoms with Crippen LogP contribution in [0, 0.1) is 58.2 Å². The van der Waals surface area contributed by atoms with Crippen LogP contribution in [0.25, 0.3) is 0 Å². The third-order valence-corrected chi connectivity index (χ3v) is 12.9. The number of benzene rings is 1. The number of fused-ring (bicyclic) bond motifs is 5. The predicted molar refractivity (Wildman–Crippen MR) is 171 cm³/mol. The van der Waals surface area contributed by atoms with Gasteiger partial charge in [-0.3, -0.25) is 0 Å².